The number of thioether (sulfide) groups is 6. The third-order valence-corrected chi connectivity index (χ3v) is 11.4. The molecule has 16 heteroatoms. The second-order valence-corrected chi connectivity index (χ2v) is 15.6. The zero-order valence-electron chi connectivity index (χ0n) is 23.9. The van der Waals surface area contributed by atoms with Gasteiger partial charge >= 0.3 is 11.9 Å². The van der Waals surface area contributed by atoms with Crippen molar-refractivity contribution in [2.24, 2.45) is 0 Å². The Kier molecular flexibility index (Phi) is 37.7. The number of carbonyl (C=O) groups excluding carboxylic acids is 2. The minimum atomic E-state index is -0.204. The molecule has 0 aromatic heterocycles. The van der Waals surface area contributed by atoms with Crippen molar-refractivity contribution in [1.29, 1.82) is 0 Å². The van der Waals surface area contributed by atoms with E-state index in [2.05, 4.69) is 0 Å². The maximum atomic E-state index is 11.8. The smallest absolute Gasteiger partial charge is 0.306 e. The summed E-state index contributed by atoms with van der Waals surface area (Å²) in [5.74, 6) is 4.76. The average molecular weight is 701 g/mol. The van der Waals surface area contributed by atoms with Crippen molar-refractivity contribution in [3.8, 4) is 0 Å². The Morgan fingerprint density at radius 2 is 0.829 bits per heavy atom. The van der Waals surface area contributed by atoms with Gasteiger partial charge in [0.2, 0.25) is 0 Å². The Labute approximate surface area is 271 Å². The summed E-state index contributed by atoms with van der Waals surface area (Å²) in [4.78, 5) is 43.5. The molecule has 0 fully saturated rings. The Morgan fingerprint density at radius 3 is 1.37 bits per heavy atom. The number of aliphatic hydroxyl groups is 2. The molecule has 0 bridgehead atoms. The highest BCUT2D eigenvalue weighted by molar-refractivity contribution is 8.16. The summed E-state index contributed by atoms with van der Waals surface area (Å²) in [5, 5.41) is 20.1. The van der Waals surface area contributed by atoms with Gasteiger partial charge in [-0.2, -0.15) is 47.0 Å². The molecule has 2 N–H and O–H groups in total. The molecular weight excluding hydrogens is 653 g/mol. The number of esters is 2. The van der Waals surface area contributed by atoms with Gasteiger partial charge in [-0.1, -0.05) is 0 Å². The number of hydrogen-bond acceptors (Lipinski definition) is 16. The monoisotopic (exact) mass is 700 g/mol. The van der Waals surface area contributed by atoms with E-state index in [1.165, 1.54) is 0 Å². The molecule has 0 aliphatic rings. The van der Waals surface area contributed by atoms with Crippen LogP contribution >= 0.6 is 70.6 Å². The highest BCUT2D eigenvalue weighted by Crippen LogP contribution is 2.16. The Bertz CT molecular complexity index is 569. The van der Waals surface area contributed by atoms with Crippen LogP contribution in [0.25, 0.3) is 0 Å². The first-order valence-electron chi connectivity index (χ1n) is 13.7. The van der Waals surface area contributed by atoms with Crippen LogP contribution < -0.4 is 0 Å². The summed E-state index contributed by atoms with van der Waals surface area (Å²) in [6.45, 7) is 2.96. The molecule has 0 heterocycles. The lowest BCUT2D eigenvalue weighted by Gasteiger charge is -2.06. The molecule has 0 radical (unpaired) electrons. The molecule has 10 nitrogen and oxygen atoms in total. The molecule has 0 rings (SSSR count). The van der Waals surface area contributed by atoms with Crippen LogP contribution in [0.15, 0.2) is 0 Å². The van der Waals surface area contributed by atoms with Crippen LogP contribution in [-0.4, -0.2) is 125 Å². The second kappa shape index (κ2) is 37.0. The fourth-order valence-electron chi connectivity index (χ4n) is 2.34. The molecule has 0 spiro atoms. The molecule has 244 valence electrons. The van der Waals surface area contributed by atoms with Crippen molar-refractivity contribution in [1.82, 2.24) is 0 Å². The molecule has 0 amide bonds. The Hall–Kier alpha value is 0.800. The summed E-state index contributed by atoms with van der Waals surface area (Å²) in [6.07, 6.45) is 3.73. The van der Waals surface area contributed by atoms with E-state index in [1.54, 1.807) is 47.0 Å². The van der Waals surface area contributed by atoms with Crippen LogP contribution in [0.5, 0.6) is 0 Å². The van der Waals surface area contributed by atoms with Gasteiger partial charge in [0.25, 0.3) is 0 Å². The molecule has 0 aliphatic carbocycles. The average Bonchev–Trinajstić information content (AvgIpc) is 2.97. The van der Waals surface area contributed by atoms with Gasteiger partial charge in [0, 0.05) is 57.9 Å². The molecule has 0 aromatic carbocycles. The van der Waals surface area contributed by atoms with E-state index in [0.29, 0.717) is 65.3 Å². The summed E-state index contributed by atoms with van der Waals surface area (Å²) in [7, 11) is 0. The van der Waals surface area contributed by atoms with Crippen LogP contribution in [0.4, 0.5) is 0 Å². The topological polar surface area (TPSA) is 130 Å². The van der Waals surface area contributed by atoms with Gasteiger partial charge < -0.3 is 19.7 Å². The summed E-state index contributed by atoms with van der Waals surface area (Å²) in [5.41, 5.74) is 0. The molecule has 0 unspecified atom stereocenters. The predicted octanol–water partition coefficient (Wildman–Crippen LogP) is 4.57. The molecule has 0 saturated heterocycles. The van der Waals surface area contributed by atoms with Gasteiger partial charge in [-0.15, -0.1) is 23.5 Å². The lowest BCUT2D eigenvalue weighted by molar-refractivity contribution is -0.295. The SMILES string of the molecule is O=C(CCSCSCCCOOCCSCSCCOC(=O)CCSCSCCCOOCCCO)OCCCO. The zero-order chi connectivity index (χ0) is 29.9. The van der Waals surface area contributed by atoms with Crippen molar-refractivity contribution >= 4 is 82.5 Å². The quantitative estimate of drug-likeness (QED) is 0.0319. The van der Waals surface area contributed by atoms with E-state index in [-0.39, 0.29) is 25.2 Å². The largest absolute Gasteiger partial charge is 0.466 e. The third-order valence-electron chi connectivity index (χ3n) is 4.35. The zero-order valence-corrected chi connectivity index (χ0v) is 28.8. The van der Waals surface area contributed by atoms with Crippen LogP contribution in [0, 0.1) is 0 Å². The van der Waals surface area contributed by atoms with Crippen molar-refractivity contribution in [2.75, 3.05) is 103 Å². The molecule has 41 heavy (non-hydrogen) atoms. The normalized spacial score (nSPS) is 11.2. The van der Waals surface area contributed by atoms with Crippen LogP contribution in [0.3, 0.4) is 0 Å². The van der Waals surface area contributed by atoms with E-state index in [0.717, 1.165) is 62.6 Å². The van der Waals surface area contributed by atoms with Gasteiger partial charge in [0.15, 0.2) is 0 Å². The van der Waals surface area contributed by atoms with Gasteiger partial charge in [0.05, 0.1) is 45.9 Å². The highest BCUT2D eigenvalue weighted by Gasteiger charge is 2.04. The minimum absolute atomic E-state index is 0.0407. The van der Waals surface area contributed by atoms with Crippen molar-refractivity contribution < 1.29 is 48.8 Å². The molecular formula is C25H48O10S6. The van der Waals surface area contributed by atoms with Crippen molar-refractivity contribution in [3.63, 3.8) is 0 Å². The van der Waals surface area contributed by atoms with Crippen LogP contribution in [0.1, 0.15) is 38.5 Å². The van der Waals surface area contributed by atoms with Crippen molar-refractivity contribution in [2.45, 2.75) is 38.5 Å². The first-order valence-corrected chi connectivity index (χ1v) is 20.6. The molecule has 0 aliphatic heterocycles. The number of rotatable bonds is 34. The van der Waals surface area contributed by atoms with Gasteiger partial charge in [-0.05, 0) is 30.8 Å². The highest BCUT2D eigenvalue weighted by atomic mass is 32.2. The van der Waals surface area contributed by atoms with E-state index in [1.807, 2.05) is 23.5 Å². The maximum Gasteiger partial charge on any atom is 0.306 e. The number of aliphatic hydroxyl groups excluding tert-OH is 2. The Balaban J connectivity index is 3.17. The summed E-state index contributed by atoms with van der Waals surface area (Å²) < 4.78 is 10.3. The van der Waals surface area contributed by atoms with E-state index in [4.69, 9.17) is 39.2 Å². The molecule has 0 aromatic rings. The van der Waals surface area contributed by atoms with E-state index in [9.17, 15) is 9.59 Å². The number of hydrogen-bond donors (Lipinski definition) is 2. The van der Waals surface area contributed by atoms with Crippen LogP contribution in [0.2, 0.25) is 0 Å². The van der Waals surface area contributed by atoms with Crippen LogP contribution in [-0.2, 0) is 38.6 Å². The molecule has 0 saturated carbocycles. The third kappa shape index (κ3) is 36.9. The first kappa shape index (κ1) is 41.8. The summed E-state index contributed by atoms with van der Waals surface area (Å²) >= 11 is 10.6. The van der Waals surface area contributed by atoms with Crippen molar-refractivity contribution in [3.05, 3.63) is 0 Å². The van der Waals surface area contributed by atoms with Gasteiger partial charge in [-0.3, -0.25) is 9.59 Å². The van der Waals surface area contributed by atoms with Gasteiger partial charge in [0.1, 0.15) is 6.61 Å². The lowest BCUT2D eigenvalue weighted by atomic mass is 10.5. The maximum absolute atomic E-state index is 11.8. The fourth-order valence-corrected chi connectivity index (χ4v) is 8.24. The van der Waals surface area contributed by atoms with E-state index >= 15 is 0 Å². The van der Waals surface area contributed by atoms with Gasteiger partial charge in [-0.25, -0.2) is 19.6 Å². The first-order chi connectivity index (χ1) is 20.2. The lowest BCUT2D eigenvalue weighted by Crippen LogP contribution is -2.08. The standard InChI is InChI=1S/C25H48O10S6/c26-7-1-9-30-24(28)5-17-38-21-37-16-4-12-34-35-14-20-41-23-40-19-13-31-25(29)6-18-39-22-36-15-3-11-33-32-10-2-8-27/h26-27H,1-23H2. The minimum Gasteiger partial charge on any atom is -0.466 e. The number of carbonyl (C=O) groups is 2. The predicted molar refractivity (Wildman–Crippen MR) is 177 cm³/mol. The molecule has 0 atom stereocenters. The Morgan fingerprint density at radius 1 is 0.439 bits per heavy atom. The fraction of sp³-hybridized carbons (Fsp3) is 0.920. The number of ether oxygens (including phenoxy) is 2. The van der Waals surface area contributed by atoms with E-state index < -0.39 is 0 Å². The second-order valence-electron chi connectivity index (χ2n) is 7.89. The summed E-state index contributed by atoms with van der Waals surface area (Å²) in [6, 6.07) is 0.